The van der Waals surface area contributed by atoms with Gasteiger partial charge in [0.1, 0.15) is 0 Å². The van der Waals surface area contributed by atoms with Crippen molar-refractivity contribution in [3.05, 3.63) is 61.3 Å². The van der Waals surface area contributed by atoms with Gasteiger partial charge in [0.05, 0.1) is 20.3 Å². The first-order valence-electron chi connectivity index (χ1n) is 2.19. The predicted octanol–water partition coefficient (Wildman–Crippen LogP) is -0.961. The fraction of sp³-hybridized carbons (Fsp3) is 0. The Morgan fingerprint density at radius 3 is 0.389 bits per heavy atom. The Kier molecular flexibility index (Phi) is 58.9. The zero-order valence-corrected chi connectivity index (χ0v) is 10.8. The maximum Gasteiger partial charge on any atom is 2.00 e. The average molecular weight is 344 g/mol. The maximum atomic E-state index is 8.25. The molecule has 0 amide bonds. The standard InChI is InChI=1S/4NO3.2Ti/c4*2-1(3)4;;/q4*-1;2*+2. The van der Waals surface area contributed by atoms with E-state index in [4.69, 9.17) is 61.3 Å². The molecule has 0 unspecified atom stereocenters. The summed E-state index contributed by atoms with van der Waals surface area (Å²) in [6.45, 7) is 0. The van der Waals surface area contributed by atoms with Crippen LogP contribution in [0, 0.1) is 61.3 Å². The summed E-state index contributed by atoms with van der Waals surface area (Å²) < 4.78 is 0. The van der Waals surface area contributed by atoms with Crippen LogP contribution < -0.4 is 0 Å². The molecule has 0 rings (SSSR count). The van der Waals surface area contributed by atoms with E-state index >= 15 is 0 Å². The van der Waals surface area contributed by atoms with Gasteiger partial charge in [0.25, 0.3) is 0 Å². The van der Waals surface area contributed by atoms with Gasteiger partial charge in [-0.1, -0.05) is 0 Å². The summed E-state index contributed by atoms with van der Waals surface area (Å²) in [5.41, 5.74) is 0. The Balaban J connectivity index is -0.0000000257. The van der Waals surface area contributed by atoms with E-state index in [2.05, 4.69) is 0 Å². The third kappa shape index (κ3) is 793. The average Bonchev–Trinajstić information content (AvgIpc) is 1.76. The van der Waals surface area contributed by atoms with Crippen LogP contribution in [0.5, 0.6) is 0 Å². The molecule has 18 heteroatoms. The molecule has 0 radical (unpaired) electrons. The minimum atomic E-state index is -1.75. The Labute approximate surface area is 125 Å². The van der Waals surface area contributed by atoms with Gasteiger partial charge in [0, 0.05) is 0 Å². The molecule has 0 N–H and O–H groups in total. The van der Waals surface area contributed by atoms with Gasteiger partial charge >= 0.3 is 43.4 Å². The van der Waals surface area contributed by atoms with Crippen molar-refractivity contribution in [2.45, 2.75) is 0 Å². The molecule has 18 heavy (non-hydrogen) atoms. The molecule has 0 spiro atoms. The van der Waals surface area contributed by atoms with Crippen LogP contribution in [0.4, 0.5) is 0 Å². The molecule has 100 valence electrons. The largest absolute Gasteiger partial charge is 2.00 e. The van der Waals surface area contributed by atoms with Crippen LogP contribution in [0.15, 0.2) is 0 Å². The summed E-state index contributed by atoms with van der Waals surface area (Å²) in [5.74, 6) is 0. The van der Waals surface area contributed by atoms with Gasteiger partial charge in [0.2, 0.25) is 0 Å². The zero-order chi connectivity index (χ0) is 14.3. The fourth-order valence-electron chi connectivity index (χ4n) is 0. The monoisotopic (exact) mass is 344 g/mol. The molecular weight excluding hydrogens is 344 g/mol. The van der Waals surface area contributed by atoms with Crippen molar-refractivity contribution in [2.75, 3.05) is 0 Å². The first-order valence-corrected chi connectivity index (χ1v) is 2.19. The second kappa shape index (κ2) is 29.5. The Hall–Kier alpha value is -1.77. The van der Waals surface area contributed by atoms with E-state index in [1.807, 2.05) is 0 Å². The van der Waals surface area contributed by atoms with E-state index in [1.165, 1.54) is 0 Å². The molecule has 0 bridgehead atoms. The topological polar surface area (TPSA) is 265 Å². The van der Waals surface area contributed by atoms with Crippen molar-refractivity contribution >= 4 is 0 Å². The smallest absolute Gasteiger partial charge is 0.356 e. The summed E-state index contributed by atoms with van der Waals surface area (Å²) in [4.78, 5) is 33.0. The van der Waals surface area contributed by atoms with Crippen LogP contribution in [0.25, 0.3) is 0 Å². The fourth-order valence-corrected chi connectivity index (χ4v) is 0. The Morgan fingerprint density at radius 2 is 0.389 bits per heavy atom. The number of rotatable bonds is 0. The van der Waals surface area contributed by atoms with E-state index in [9.17, 15) is 0 Å². The van der Waals surface area contributed by atoms with Crippen molar-refractivity contribution in [1.82, 2.24) is 0 Å². The van der Waals surface area contributed by atoms with Gasteiger partial charge < -0.3 is 61.3 Å². The Morgan fingerprint density at radius 1 is 0.389 bits per heavy atom. The summed E-state index contributed by atoms with van der Waals surface area (Å²) >= 11 is 0. The zero-order valence-electron chi connectivity index (χ0n) is 7.69. The second-order valence-electron chi connectivity index (χ2n) is 0.894. The minimum absolute atomic E-state index is 0. The van der Waals surface area contributed by atoms with Crippen LogP contribution in [0.2, 0.25) is 0 Å². The molecule has 0 aliphatic heterocycles. The number of hydrogen-bond acceptors (Lipinski definition) is 12. The molecule has 0 fully saturated rings. The van der Waals surface area contributed by atoms with Gasteiger partial charge in [-0.25, -0.2) is 0 Å². The Bertz CT molecular complexity index is 162. The van der Waals surface area contributed by atoms with E-state index < -0.39 is 20.3 Å². The summed E-state index contributed by atoms with van der Waals surface area (Å²) in [6, 6.07) is 0. The minimum Gasteiger partial charge on any atom is -0.356 e. The van der Waals surface area contributed by atoms with Gasteiger partial charge in [0.15, 0.2) is 0 Å². The summed E-state index contributed by atoms with van der Waals surface area (Å²) in [7, 11) is 0. The molecule has 0 aromatic heterocycles. The molecule has 0 aromatic rings. The summed E-state index contributed by atoms with van der Waals surface area (Å²) in [6.07, 6.45) is 0. The molecule has 0 saturated heterocycles. The molecule has 0 heterocycles. The number of hydrogen-bond donors (Lipinski definition) is 0. The third-order valence-corrected chi connectivity index (χ3v) is 0. The van der Waals surface area contributed by atoms with Crippen LogP contribution in [-0.2, 0) is 43.4 Å². The molecule has 0 saturated carbocycles. The quantitative estimate of drug-likeness (QED) is 0.292. The van der Waals surface area contributed by atoms with Crippen molar-refractivity contribution < 1.29 is 63.8 Å². The van der Waals surface area contributed by atoms with E-state index in [0.717, 1.165) is 0 Å². The van der Waals surface area contributed by atoms with E-state index in [0.29, 0.717) is 0 Å². The van der Waals surface area contributed by atoms with Gasteiger partial charge in [-0.05, 0) is 0 Å². The first kappa shape index (κ1) is 36.0. The van der Waals surface area contributed by atoms with E-state index in [-0.39, 0.29) is 43.4 Å². The third-order valence-electron chi connectivity index (χ3n) is 0. The predicted molar refractivity (Wildman–Crippen MR) is 41.4 cm³/mol. The molecule has 16 nitrogen and oxygen atoms in total. The van der Waals surface area contributed by atoms with Crippen molar-refractivity contribution in [3.8, 4) is 0 Å². The number of nitrogens with zero attached hydrogens (tertiary/aromatic N) is 4. The molecule has 0 atom stereocenters. The van der Waals surface area contributed by atoms with Crippen LogP contribution in [-0.4, -0.2) is 20.3 Å². The van der Waals surface area contributed by atoms with Crippen LogP contribution >= 0.6 is 0 Å². The van der Waals surface area contributed by atoms with Crippen molar-refractivity contribution in [1.29, 1.82) is 0 Å². The van der Waals surface area contributed by atoms with Crippen LogP contribution in [0.1, 0.15) is 0 Å². The van der Waals surface area contributed by atoms with Crippen molar-refractivity contribution in [2.24, 2.45) is 0 Å². The summed E-state index contributed by atoms with van der Waals surface area (Å²) in [5, 5.41) is 59.0. The first-order chi connectivity index (χ1) is 6.93. The normalized spacial score (nSPS) is 5.33. The second-order valence-corrected chi connectivity index (χ2v) is 0.894. The SMILES string of the molecule is O=[N+]([O-])[O-].O=[N+]([O-])[O-].O=[N+]([O-])[O-].O=[N+]([O-])[O-].[Ti+2].[Ti+2]. The van der Waals surface area contributed by atoms with Gasteiger partial charge in [-0.15, -0.1) is 0 Å². The maximum absolute atomic E-state index is 8.25. The van der Waals surface area contributed by atoms with E-state index in [1.54, 1.807) is 0 Å². The molecular formula is N4O12Ti2. The molecule has 0 aromatic carbocycles. The van der Waals surface area contributed by atoms with Gasteiger partial charge in [-0.2, -0.15) is 0 Å². The molecule has 0 aliphatic rings. The van der Waals surface area contributed by atoms with Gasteiger partial charge in [-0.3, -0.25) is 0 Å². The van der Waals surface area contributed by atoms with Crippen molar-refractivity contribution in [3.63, 3.8) is 0 Å². The van der Waals surface area contributed by atoms with Crippen LogP contribution in [0.3, 0.4) is 0 Å². The molecule has 0 aliphatic carbocycles.